The first-order chi connectivity index (χ1) is 11.0. The highest BCUT2D eigenvalue weighted by Gasteiger charge is 2.18. The van der Waals surface area contributed by atoms with Crippen molar-refractivity contribution in [2.75, 3.05) is 20.3 Å². The minimum absolute atomic E-state index is 0.123. The number of aliphatic hydroxyl groups excluding tert-OH is 1. The van der Waals surface area contributed by atoms with Crippen LogP contribution in [-0.2, 0) is 0 Å². The van der Waals surface area contributed by atoms with Crippen LogP contribution in [0.15, 0.2) is 18.2 Å². The summed E-state index contributed by atoms with van der Waals surface area (Å²) in [6.45, 7) is 0.574. The zero-order chi connectivity index (χ0) is 17.0. The summed E-state index contributed by atoms with van der Waals surface area (Å²) in [7, 11) is 1.42. The lowest BCUT2D eigenvalue weighted by Crippen LogP contribution is -2.38. The largest absolute Gasteiger partial charge is 0.491 e. The number of ether oxygens (including phenoxy) is 1. The summed E-state index contributed by atoms with van der Waals surface area (Å²) in [6.07, 6.45) is 1.38. The topological polar surface area (TPSA) is 115 Å². The molecule has 23 heavy (non-hydrogen) atoms. The number of aromatic nitrogens is 1. The van der Waals surface area contributed by atoms with Crippen molar-refractivity contribution >= 4 is 34.4 Å². The molecule has 8 heteroatoms. The molecule has 1 amide bonds. The molecule has 0 bridgehead atoms. The van der Waals surface area contributed by atoms with E-state index in [4.69, 9.17) is 32.6 Å². The van der Waals surface area contributed by atoms with Gasteiger partial charge >= 0.3 is 0 Å². The van der Waals surface area contributed by atoms with E-state index >= 15 is 0 Å². The predicted octanol–water partition coefficient (Wildman–Crippen LogP) is 1.94. The van der Waals surface area contributed by atoms with Gasteiger partial charge in [-0.2, -0.15) is 0 Å². The van der Waals surface area contributed by atoms with Crippen molar-refractivity contribution in [1.29, 1.82) is 5.41 Å². The molecule has 0 unspecified atom stereocenters. The summed E-state index contributed by atoms with van der Waals surface area (Å²) in [5.41, 5.74) is 6.21. The first-order valence-electron chi connectivity index (χ1n) is 7.12. The van der Waals surface area contributed by atoms with Crippen molar-refractivity contribution in [3.8, 4) is 5.75 Å². The number of nitrogens with one attached hydrogen (secondary N) is 2. The van der Waals surface area contributed by atoms with Crippen molar-refractivity contribution in [3.63, 3.8) is 0 Å². The van der Waals surface area contributed by atoms with Crippen molar-refractivity contribution in [2.24, 2.45) is 5.73 Å². The summed E-state index contributed by atoms with van der Waals surface area (Å²) in [5, 5.41) is 17.3. The van der Waals surface area contributed by atoms with E-state index < -0.39 is 5.91 Å². The third-order valence-electron chi connectivity index (χ3n) is 3.41. The Hall–Kier alpha value is -2.25. The van der Waals surface area contributed by atoms with Crippen molar-refractivity contribution in [3.05, 3.63) is 28.9 Å². The van der Waals surface area contributed by atoms with Crippen LogP contribution < -0.4 is 10.5 Å². The normalized spacial score (nSPS) is 10.7. The van der Waals surface area contributed by atoms with Gasteiger partial charge in [-0.25, -0.2) is 0 Å². The second-order valence-electron chi connectivity index (χ2n) is 5.05. The lowest BCUT2D eigenvalue weighted by molar-refractivity contribution is 0.0864. The molecule has 0 aliphatic rings. The molecule has 0 aliphatic carbocycles. The number of guanidine groups is 1. The fourth-order valence-electron chi connectivity index (χ4n) is 2.08. The number of aromatic amines is 1. The highest BCUT2D eigenvalue weighted by molar-refractivity contribution is 6.35. The third-order valence-corrected chi connectivity index (χ3v) is 3.74. The number of unbranched alkanes of at least 4 members (excludes halogenated alkanes) is 1. The Morgan fingerprint density at radius 2 is 2.22 bits per heavy atom. The minimum Gasteiger partial charge on any atom is -0.491 e. The van der Waals surface area contributed by atoms with E-state index in [1.54, 1.807) is 18.2 Å². The van der Waals surface area contributed by atoms with E-state index in [9.17, 15) is 4.79 Å². The molecule has 5 N–H and O–H groups in total. The van der Waals surface area contributed by atoms with Gasteiger partial charge in [-0.3, -0.25) is 15.1 Å². The fourth-order valence-corrected chi connectivity index (χ4v) is 2.29. The number of nitrogens with two attached hydrogens (primary N) is 1. The predicted molar refractivity (Wildman–Crippen MR) is 89.1 cm³/mol. The molecule has 124 valence electrons. The van der Waals surface area contributed by atoms with Crippen LogP contribution in [0.2, 0.25) is 5.02 Å². The Bertz CT molecular complexity index is 729. The number of carbonyl (C=O) groups is 1. The number of aliphatic hydroxyl groups is 1. The van der Waals surface area contributed by atoms with Gasteiger partial charge in [0.2, 0.25) is 0 Å². The summed E-state index contributed by atoms with van der Waals surface area (Å²) < 4.78 is 5.68. The van der Waals surface area contributed by atoms with Crippen LogP contribution in [0.3, 0.4) is 0 Å². The average molecular weight is 339 g/mol. The number of H-pyrrole nitrogens is 1. The highest BCUT2D eigenvalue weighted by atomic mass is 35.5. The number of benzene rings is 1. The van der Waals surface area contributed by atoms with Crippen LogP contribution in [0.1, 0.15) is 23.3 Å². The molecule has 7 nitrogen and oxygen atoms in total. The van der Waals surface area contributed by atoms with Crippen LogP contribution in [0.25, 0.3) is 10.9 Å². The number of halogens is 1. The van der Waals surface area contributed by atoms with Crippen LogP contribution >= 0.6 is 11.6 Å². The summed E-state index contributed by atoms with van der Waals surface area (Å²) in [6, 6.07) is 5.03. The van der Waals surface area contributed by atoms with Gasteiger partial charge in [0.1, 0.15) is 11.4 Å². The van der Waals surface area contributed by atoms with Crippen LogP contribution in [0.4, 0.5) is 0 Å². The van der Waals surface area contributed by atoms with Crippen molar-refractivity contribution in [2.45, 2.75) is 12.8 Å². The smallest absolute Gasteiger partial charge is 0.276 e. The Balaban J connectivity index is 2.31. The molecule has 2 rings (SSSR count). The molecular formula is C15H19ClN4O3. The van der Waals surface area contributed by atoms with Crippen molar-refractivity contribution < 1.29 is 14.6 Å². The second-order valence-corrected chi connectivity index (χ2v) is 5.45. The molecule has 0 spiro atoms. The van der Waals surface area contributed by atoms with Gasteiger partial charge in [0.05, 0.1) is 17.1 Å². The molecule has 2 aromatic rings. The summed E-state index contributed by atoms with van der Waals surface area (Å²) >= 11 is 6.17. The zero-order valence-electron chi connectivity index (χ0n) is 12.7. The van der Waals surface area contributed by atoms with Crippen LogP contribution in [0.5, 0.6) is 5.75 Å². The number of hydrogen-bond donors (Lipinski definition) is 4. The van der Waals surface area contributed by atoms with Gasteiger partial charge < -0.3 is 20.6 Å². The number of rotatable bonds is 6. The fraction of sp³-hybridized carbons (Fsp3) is 0.333. The maximum atomic E-state index is 12.2. The third kappa shape index (κ3) is 3.75. The molecule has 1 heterocycles. The first-order valence-corrected chi connectivity index (χ1v) is 7.50. The maximum Gasteiger partial charge on any atom is 0.276 e. The Morgan fingerprint density at radius 3 is 2.87 bits per heavy atom. The Labute approximate surface area is 138 Å². The number of carbonyl (C=O) groups excluding carboxylic acids is 1. The molecule has 1 aromatic carbocycles. The van der Waals surface area contributed by atoms with Crippen LogP contribution in [0, 0.1) is 5.41 Å². The lowest BCUT2D eigenvalue weighted by atomic mass is 10.2. The average Bonchev–Trinajstić information content (AvgIpc) is 2.98. The maximum absolute atomic E-state index is 12.2. The van der Waals surface area contributed by atoms with E-state index in [1.807, 2.05) is 0 Å². The number of fused-ring (bicyclic) bond motifs is 1. The summed E-state index contributed by atoms with van der Waals surface area (Å²) in [4.78, 5) is 16.2. The minimum atomic E-state index is -0.434. The summed E-state index contributed by atoms with van der Waals surface area (Å²) in [5.74, 6) is -0.205. The Kier molecular flexibility index (Phi) is 5.46. The molecular weight excluding hydrogens is 320 g/mol. The van der Waals surface area contributed by atoms with E-state index in [-0.39, 0.29) is 18.3 Å². The SMILES string of the molecule is CN(C(=N)N)C(=O)c1cc2c(Cl)ccc(OCCCCO)c2[nH]1. The molecule has 0 saturated carbocycles. The monoisotopic (exact) mass is 338 g/mol. The highest BCUT2D eigenvalue weighted by Crippen LogP contribution is 2.32. The van der Waals surface area contributed by atoms with E-state index in [1.165, 1.54) is 7.05 Å². The molecule has 0 aliphatic heterocycles. The standard InChI is InChI=1S/C15H19ClN4O3/c1-20(15(17)18)14(22)11-8-9-10(16)4-5-12(13(9)19-11)23-7-3-2-6-21/h4-5,8,19,21H,2-3,6-7H2,1H3,(H3,17,18). The quantitative estimate of drug-likeness (QED) is 0.366. The number of nitrogens with zero attached hydrogens (tertiary/aromatic N) is 1. The van der Waals surface area contributed by atoms with Gasteiger partial charge in [-0.15, -0.1) is 0 Å². The van der Waals surface area contributed by atoms with E-state index in [0.717, 1.165) is 11.3 Å². The first kappa shape index (κ1) is 17.1. The Morgan fingerprint density at radius 1 is 1.48 bits per heavy atom. The van der Waals surface area contributed by atoms with Crippen molar-refractivity contribution in [1.82, 2.24) is 9.88 Å². The van der Waals surface area contributed by atoms with Gasteiger partial charge in [0, 0.05) is 19.0 Å². The molecule has 0 atom stereocenters. The van der Waals surface area contributed by atoms with E-state index in [0.29, 0.717) is 34.7 Å². The van der Waals surface area contributed by atoms with Gasteiger partial charge in [0.25, 0.3) is 5.91 Å². The van der Waals surface area contributed by atoms with Gasteiger partial charge in [0.15, 0.2) is 5.96 Å². The van der Waals surface area contributed by atoms with Gasteiger partial charge in [-0.05, 0) is 31.0 Å². The zero-order valence-corrected chi connectivity index (χ0v) is 13.5. The van der Waals surface area contributed by atoms with E-state index in [2.05, 4.69) is 4.98 Å². The number of hydrogen-bond acceptors (Lipinski definition) is 4. The lowest BCUT2D eigenvalue weighted by Gasteiger charge is -2.12. The molecule has 0 radical (unpaired) electrons. The molecule has 0 saturated heterocycles. The van der Waals surface area contributed by atoms with Gasteiger partial charge in [-0.1, -0.05) is 11.6 Å². The van der Waals surface area contributed by atoms with Crippen LogP contribution in [-0.4, -0.2) is 47.1 Å². The second kappa shape index (κ2) is 7.34. The molecule has 0 fully saturated rings. The number of amides is 1. The molecule has 1 aromatic heterocycles.